The van der Waals surface area contributed by atoms with Crippen molar-refractivity contribution in [1.82, 2.24) is 0 Å². The Morgan fingerprint density at radius 2 is 1.32 bits per heavy atom. The molecule has 73 heavy (non-hydrogen) atoms. The van der Waals surface area contributed by atoms with Gasteiger partial charge in [0.2, 0.25) is 0 Å². The lowest BCUT2D eigenvalue weighted by Gasteiger charge is -2.45. The molecule has 2 aliphatic carbocycles. The summed E-state index contributed by atoms with van der Waals surface area (Å²) < 4.78 is 0. The molecule has 0 aromatic heterocycles. The van der Waals surface area contributed by atoms with E-state index in [1.807, 2.05) is 18.2 Å². The number of anilines is 2. The quantitative estimate of drug-likeness (QED) is 0.128. The molecule has 4 nitrogen and oxygen atoms in total. The van der Waals surface area contributed by atoms with Crippen LogP contribution in [0.3, 0.4) is 0 Å². The molecular weight excluding hydrogens is 885 g/mol. The highest BCUT2D eigenvalue weighted by Gasteiger charge is 2.55. The van der Waals surface area contributed by atoms with Crippen LogP contribution in [-0.4, -0.2) is 25.6 Å². The number of nitrogens with zero attached hydrogens (tertiary/aromatic N) is 3. The predicted molar refractivity (Wildman–Crippen MR) is 309 cm³/mol. The summed E-state index contributed by atoms with van der Waals surface area (Å²) in [6, 6.07) is 75.3. The van der Waals surface area contributed by atoms with Gasteiger partial charge in [-0.15, -0.1) is 0 Å². The minimum atomic E-state index is -0.539. The molecule has 2 N–H and O–H groups in total. The monoisotopic (exact) mass is 944 g/mol. The standard InChI is InChI=1S/C60H47N3.C7H8.C2H5N/c1-38-17-6-8-24-45(38)57(39(2)35-42-22-14-21-41-20-7-9-25-46(41)42)62-59(61)44-33-34-50-49(37-44)56-43(36-40-18-4-3-5-19-40)23-15-29-52(56)60(50)51-28-11-13-32-55(51)63-54-31-12-10-26-47(54)48-27-16-30-53(60)58(48)63;1-7-5-3-2-4-6-7;1-3-2/h3-30,32-34,37,54H,31,35-36H2,1-2H3,(H2,61,62);2-6H,1H3;1H2,2H3/b57-39-;;. The largest absolute Gasteiger partial charge is 0.383 e. The van der Waals surface area contributed by atoms with Crippen LogP contribution >= 0.6 is 0 Å². The zero-order valence-electron chi connectivity index (χ0n) is 42.2. The molecule has 0 amide bonds. The number of hydrogen-bond acceptors (Lipinski definition) is 3. The lowest BCUT2D eigenvalue weighted by Crippen LogP contribution is -2.39. The van der Waals surface area contributed by atoms with E-state index >= 15 is 0 Å². The lowest BCUT2D eigenvalue weighted by atomic mass is 9.64. The van der Waals surface area contributed by atoms with Gasteiger partial charge in [-0.3, -0.25) is 0 Å². The van der Waals surface area contributed by atoms with Crippen molar-refractivity contribution in [2.75, 3.05) is 11.9 Å². The third-order valence-corrected chi connectivity index (χ3v) is 15.1. The molecule has 2 heterocycles. The number of benzene rings is 9. The molecule has 2 atom stereocenters. The Kier molecular flexibility index (Phi) is 12.7. The molecule has 2 aliphatic heterocycles. The van der Waals surface area contributed by atoms with E-state index in [0.717, 1.165) is 36.1 Å². The Bertz CT molecular complexity index is 3680. The van der Waals surface area contributed by atoms with E-state index < -0.39 is 5.41 Å². The Morgan fingerprint density at radius 1 is 0.658 bits per heavy atom. The molecule has 9 aromatic rings. The molecule has 4 heteroatoms. The van der Waals surface area contributed by atoms with Gasteiger partial charge in [-0.25, -0.2) is 4.99 Å². The summed E-state index contributed by atoms with van der Waals surface area (Å²) in [6.07, 6.45) is 9.46. The average Bonchev–Trinajstić information content (AvgIpc) is 3.95. The normalized spacial score (nSPS) is 16.6. The van der Waals surface area contributed by atoms with Gasteiger partial charge in [-0.2, -0.15) is 0 Å². The van der Waals surface area contributed by atoms with Crippen LogP contribution in [0.25, 0.3) is 33.2 Å². The van der Waals surface area contributed by atoms with Gasteiger partial charge >= 0.3 is 0 Å². The van der Waals surface area contributed by atoms with Crippen molar-refractivity contribution in [2.45, 2.75) is 51.5 Å². The fourth-order valence-electron chi connectivity index (χ4n) is 12.0. The van der Waals surface area contributed by atoms with Crippen LogP contribution < -0.4 is 10.6 Å². The summed E-state index contributed by atoms with van der Waals surface area (Å²) in [7, 11) is 1.64. The first-order valence-corrected chi connectivity index (χ1v) is 25.5. The first kappa shape index (κ1) is 46.8. The zero-order chi connectivity index (χ0) is 50.1. The van der Waals surface area contributed by atoms with Gasteiger partial charge in [0.25, 0.3) is 0 Å². The van der Waals surface area contributed by atoms with E-state index in [9.17, 15) is 0 Å². The second-order valence-corrected chi connectivity index (χ2v) is 19.6. The van der Waals surface area contributed by atoms with Gasteiger partial charge in [0, 0.05) is 29.4 Å². The molecule has 1 spiro atoms. The molecule has 0 saturated heterocycles. The maximum atomic E-state index is 7.31. The Morgan fingerprint density at radius 3 is 2.11 bits per heavy atom. The third kappa shape index (κ3) is 8.23. The van der Waals surface area contributed by atoms with Crippen LogP contribution in [0, 0.1) is 13.8 Å². The van der Waals surface area contributed by atoms with Gasteiger partial charge in [0.15, 0.2) is 0 Å². The highest BCUT2D eigenvalue weighted by Crippen LogP contribution is 2.66. The number of aliphatic imine (C=N–C) groups is 2. The molecule has 9 aromatic carbocycles. The van der Waals surface area contributed by atoms with Gasteiger partial charge < -0.3 is 15.6 Å². The number of amidine groups is 1. The second kappa shape index (κ2) is 19.9. The summed E-state index contributed by atoms with van der Waals surface area (Å²) in [4.78, 5) is 11.3. The Labute approximate surface area is 431 Å². The lowest BCUT2D eigenvalue weighted by molar-refractivity contribution is 0.720. The minimum absolute atomic E-state index is 0.271. The summed E-state index contributed by atoms with van der Waals surface area (Å²) in [6.45, 7) is 9.57. The number of para-hydroxylation sites is 2. The topological polar surface area (TPSA) is 54.0 Å². The number of nitrogens with two attached hydrogens (primary N) is 1. The van der Waals surface area contributed by atoms with Crippen LogP contribution in [0.15, 0.2) is 240 Å². The third-order valence-electron chi connectivity index (χ3n) is 15.1. The fourth-order valence-corrected chi connectivity index (χ4v) is 12.0. The number of fused-ring (bicyclic) bond motifs is 13. The van der Waals surface area contributed by atoms with Crippen molar-refractivity contribution in [2.24, 2.45) is 15.7 Å². The predicted octanol–water partition coefficient (Wildman–Crippen LogP) is 16.0. The van der Waals surface area contributed by atoms with Gasteiger partial charge in [0.1, 0.15) is 5.84 Å². The van der Waals surface area contributed by atoms with Crippen molar-refractivity contribution in [3.05, 3.63) is 297 Å². The summed E-state index contributed by atoms with van der Waals surface area (Å²) in [5.41, 5.74) is 30.4. The van der Waals surface area contributed by atoms with Crippen molar-refractivity contribution >= 4 is 46.0 Å². The van der Waals surface area contributed by atoms with E-state index in [4.69, 9.17) is 10.7 Å². The van der Waals surface area contributed by atoms with E-state index in [0.29, 0.717) is 5.84 Å². The maximum Gasteiger partial charge on any atom is 0.131 e. The first-order valence-electron chi connectivity index (χ1n) is 25.5. The van der Waals surface area contributed by atoms with Crippen LogP contribution in [0.1, 0.15) is 80.1 Å². The fraction of sp³-hybridized carbons (Fsp3) is 0.130. The Hall–Kier alpha value is -8.60. The number of rotatable bonds is 7. The molecule has 0 bridgehead atoms. The van der Waals surface area contributed by atoms with Crippen LogP contribution in [-0.2, 0) is 18.3 Å². The van der Waals surface area contributed by atoms with Crippen molar-refractivity contribution in [3.8, 4) is 11.1 Å². The minimum Gasteiger partial charge on any atom is -0.383 e. The highest BCUT2D eigenvalue weighted by molar-refractivity contribution is 6.06. The molecule has 356 valence electrons. The van der Waals surface area contributed by atoms with Gasteiger partial charge in [0.05, 0.1) is 22.8 Å². The second-order valence-electron chi connectivity index (χ2n) is 19.6. The molecule has 0 saturated carbocycles. The Balaban J connectivity index is 0.000000521. The summed E-state index contributed by atoms with van der Waals surface area (Å²) in [5, 5.41) is 2.51. The highest BCUT2D eigenvalue weighted by atomic mass is 15.2. The van der Waals surface area contributed by atoms with Crippen LogP contribution in [0.4, 0.5) is 11.4 Å². The van der Waals surface area contributed by atoms with E-state index in [1.54, 1.807) is 7.05 Å². The number of aryl methyl sites for hydroxylation is 2. The van der Waals surface area contributed by atoms with Crippen molar-refractivity contribution < 1.29 is 0 Å². The molecular formula is C69H60N4. The van der Waals surface area contributed by atoms with Crippen molar-refractivity contribution in [1.29, 1.82) is 0 Å². The molecule has 0 radical (unpaired) electrons. The summed E-state index contributed by atoms with van der Waals surface area (Å²) in [5.74, 6) is 0.510. The van der Waals surface area contributed by atoms with E-state index in [-0.39, 0.29) is 6.04 Å². The molecule has 0 fully saturated rings. The van der Waals surface area contributed by atoms with Gasteiger partial charge in [-0.1, -0.05) is 218 Å². The van der Waals surface area contributed by atoms with E-state index in [2.05, 4.69) is 244 Å². The van der Waals surface area contributed by atoms with Gasteiger partial charge in [-0.05, 0) is 136 Å². The van der Waals surface area contributed by atoms with E-state index in [1.165, 1.54) is 100 Å². The smallest absolute Gasteiger partial charge is 0.131 e. The maximum absolute atomic E-state index is 7.31. The zero-order valence-corrected chi connectivity index (χ0v) is 42.2. The SMILES string of the molecule is C/C(Cc1cccc2ccccc12)=C(/N=C(N)c1ccc2c(c1)-c1c(Cc3ccccc3)cccc1C21c2ccccc2N2c3c(cccc31)C1=CC=CCC12)c1ccccc1C.C=NC.Cc1ccccc1. The molecule has 4 aliphatic rings. The molecule has 13 rings (SSSR count). The van der Waals surface area contributed by atoms with Crippen LogP contribution in [0.2, 0.25) is 0 Å². The molecule has 2 unspecified atom stereocenters. The van der Waals surface area contributed by atoms with Crippen molar-refractivity contribution in [3.63, 3.8) is 0 Å². The average molecular weight is 945 g/mol. The number of allylic oxidation sites excluding steroid dienone is 3. The number of hydrogen-bond donors (Lipinski definition) is 1. The first-order chi connectivity index (χ1) is 35.8. The summed E-state index contributed by atoms with van der Waals surface area (Å²) >= 11 is 0. The van der Waals surface area contributed by atoms with Crippen LogP contribution in [0.5, 0.6) is 0 Å².